The fourth-order valence-electron chi connectivity index (χ4n) is 2.77. The Morgan fingerprint density at radius 3 is 2.71 bits per heavy atom. The van der Waals surface area contributed by atoms with Gasteiger partial charge in [-0.3, -0.25) is 4.99 Å². The lowest BCUT2D eigenvalue weighted by Gasteiger charge is -2.23. The number of halogens is 2. The molecule has 0 saturated heterocycles. The van der Waals surface area contributed by atoms with Crippen LogP contribution in [0.4, 0.5) is 0 Å². The van der Waals surface area contributed by atoms with Crippen LogP contribution in [0.1, 0.15) is 26.1 Å². The number of aromatic nitrogens is 3. The van der Waals surface area contributed by atoms with Gasteiger partial charge in [-0.05, 0) is 37.6 Å². The van der Waals surface area contributed by atoms with Crippen molar-refractivity contribution >= 4 is 41.5 Å². The Kier molecular flexibility index (Phi) is 14.3. The van der Waals surface area contributed by atoms with Crippen molar-refractivity contribution in [2.75, 3.05) is 46.5 Å². The van der Waals surface area contributed by atoms with Crippen LogP contribution < -0.4 is 10.1 Å². The molecule has 1 aromatic heterocycles. The molecule has 0 unspecified atom stereocenters. The molecule has 174 valence electrons. The lowest BCUT2D eigenvalue weighted by Crippen LogP contribution is -2.42. The zero-order chi connectivity index (χ0) is 21.6. The lowest BCUT2D eigenvalue weighted by atomic mass is 10.3. The van der Waals surface area contributed by atoms with Gasteiger partial charge in [0, 0.05) is 51.3 Å². The Morgan fingerprint density at radius 1 is 1.23 bits per heavy atom. The number of likely N-dealkylation sites (N-methyl/N-ethyl adjacent to an activating group) is 1. The SMILES string of the molecule is CCOCCCN=C(NCCn1cnnc1CC)N(C)CCOc1ccc(Cl)cc1.I. The van der Waals surface area contributed by atoms with E-state index in [1.807, 2.05) is 38.2 Å². The van der Waals surface area contributed by atoms with Gasteiger partial charge in [-0.1, -0.05) is 18.5 Å². The maximum Gasteiger partial charge on any atom is 0.193 e. The van der Waals surface area contributed by atoms with Gasteiger partial charge in [-0.25, -0.2) is 0 Å². The minimum absolute atomic E-state index is 0. The third-order valence-corrected chi connectivity index (χ3v) is 4.68. The maximum atomic E-state index is 5.92. The van der Waals surface area contributed by atoms with Crippen molar-refractivity contribution in [1.82, 2.24) is 25.0 Å². The predicted molar refractivity (Wildman–Crippen MR) is 136 cm³/mol. The number of benzene rings is 1. The van der Waals surface area contributed by atoms with Crippen molar-refractivity contribution in [2.45, 2.75) is 33.2 Å². The topological polar surface area (TPSA) is 76.8 Å². The molecular weight excluding hydrogens is 531 g/mol. The highest BCUT2D eigenvalue weighted by molar-refractivity contribution is 14.0. The van der Waals surface area contributed by atoms with Crippen molar-refractivity contribution in [2.24, 2.45) is 4.99 Å². The summed E-state index contributed by atoms with van der Waals surface area (Å²) in [6, 6.07) is 7.38. The molecule has 1 N–H and O–H groups in total. The normalized spacial score (nSPS) is 11.2. The van der Waals surface area contributed by atoms with Crippen LogP contribution in [-0.2, 0) is 17.7 Å². The van der Waals surface area contributed by atoms with Gasteiger partial charge < -0.3 is 24.3 Å². The Hall–Kier alpha value is -1.59. The summed E-state index contributed by atoms with van der Waals surface area (Å²) in [6.07, 6.45) is 3.52. The van der Waals surface area contributed by atoms with Gasteiger partial charge in [-0.15, -0.1) is 34.2 Å². The number of hydrogen-bond acceptors (Lipinski definition) is 5. The zero-order valence-corrected chi connectivity index (χ0v) is 21.7. The molecule has 2 aromatic rings. The molecule has 0 fully saturated rings. The molecule has 0 spiro atoms. The highest BCUT2D eigenvalue weighted by atomic mass is 127. The number of aliphatic imine (C=N–C) groups is 1. The Morgan fingerprint density at radius 2 is 2.00 bits per heavy atom. The van der Waals surface area contributed by atoms with Gasteiger partial charge in [0.05, 0.1) is 6.54 Å². The fraction of sp³-hybridized carbons (Fsp3) is 0.571. The number of nitrogens with one attached hydrogen (secondary N) is 1. The minimum atomic E-state index is 0. The van der Waals surface area contributed by atoms with E-state index in [0.717, 1.165) is 56.7 Å². The lowest BCUT2D eigenvalue weighted by molar-refractivity contribution is 0.146. The van der Waals surface area contributed by atoms with Crippen molar-refractivity contribution in [3.05, 3.63) is 41.4 Å². The highest BCUT2D eigenvalue weighted by Crippen LogP contribution is 2.15. The molecule has 0 aliphatic carbocycles. The zero-order valence-electron chi connectivity index (χ0n) is 18.6. The molecule has 8 nitrogen and oxygen atoms in total. The number of aryl methyl sites for hydroxylation is 1. The van der Waals surface area contributed by atoms with Crippen molar-refractivity contribution < 1.29 is 9.47 Å². The molecule has 0 amide bonds. The molecule has 2 rings (SSSR count). The highest BCUT2D eigenvalue weighted by Gasteiger charge is 2.08. The largest absolute Gasteiger partial charge is 0.492 e. The summed E-state index contributed by atoms with van der Waals surface area (Å²) in [5.74, 6) is 2.63. The van der Waals surface area contributed by atoms with Crippen LogP contribution in [-0.4, -0.2) is 72.1 Å². The number of rotatable bonds is 13. The van der Waals surface area contributed by atoms with Crippen LogP contribution in [0.25, 0.3) is 0 Å². The van der Waals surface area contributed by atoms with Crippen molar-refractivity contribution in [3.8, 4) is 5.75 Å². The Balaban J connectivity index is 0.00000480. The van der Waals surface area contributed by atoms with Gasteiger partial charge in [-0.2, -0.15) is 0 Å². The summed E-state index contributed by atoms with van der Waals surface area (Å²) in [5.41, 5.74) is 0. The van der Waals surface area contributed by atoms with Gasteiger partial charge >= 0.3 is 0 Å². The summed E-state index contributed by atoms with van der Waals surface area (Å²) >= 11 is 5.92. The summed E-state index contributed by atoms with van der Waals surface area (Å²) in [6.45, 7) is 9.00. The van der Waals surface area contributed by atoms with E-state index in [4.69, 9.17) is 26.1 Å². The van der Waals surface area contributed by atoms with E-state index in [0.29, 0.717) is 24.7 Å². The summed E-state index contributed by atoms with van der Waals surface area (Å²) in [5, 5.41) is 12.3. The van der Waals surface area contributed by atoms with Crippen LogP contribution in [0.3, 0.4) is 0 Å². The predicted octanol–water partition coefficient (Wildman–Crippen LogP) is 3.49. The van der Waals surface area contributed by atoms with Crippen molar-refractivity contribution in [1.29, 1.82) is 0 Å². The molecular formula is C21H34ClIN6O2. The van der Waals surface area contributed by atoms with Crippen LogP contribution in [0, 0.1) is 0 Å². The molecule has 0 bridgehead atoms. The molecule has 1 heterocycles. The Bertz CT molecular complexity index is 757. The first kappa shape index (κ1) is 27.4. The van der Waals surface area contributed by atoms with Crippen LogP contribution in [0.15, 0.2) is 35.6 Å². The quantitative estimate of drug-likeness (QED) is 0.174. The molecule has 0 atom stereocenters. The van der Waals surface area contributed by atoms with E-state index in [2.05, 4.69) is 31.9 Å². The number of hydrogen-bond donors (Lipinski definition) is 1. The third kappa shape index (κ3) is 10.5. The average Bonchev–Trinajstić information content (AvgIpc) is 3.21. The molecule has 10 heteroatoms. The average molecular weight is 565 g/mol. The minimum Gasteiger partial charge on any atom is -0.492 e. The molecule has 0 radical (unpaired) electrons. The van der Waals surface area contributed by atoms with Gasteiger partial charge in [0.2, 0.25) is 0 Å². The second-order valence-corrected chi connectivity index (χ2v) is 7.14. The van der Waals surface area contributed by atoms with E-state index >= 15 is 0 Å². The number of ether oxygens (including phenoxy) is 2. The smallest absolute Gasteiger partial charge is 0.193 e. The van der Waals surface area contributed by atoms with E-state index in [-0.39, 0.29) is 24.0 Å². The van der Waals surface area contributed by atoms with Crippen LogP contribution in [0.2, 0.25) is 5.02 Å². The molecule has 31 heavy (non-hydrogen) atoms. The molecule has 0 aliphatic heterocycles. The first-order chi connectivity index (χ1) is 14.6. The monoisotopic (exact) mass is 564 g/mol. The summed E-state index contributed by atoms with van der Waals surface area (Å²) < 4.78 is 13.3. The van der Waals surface area contributed by atoms with Crippen LogP contribution in [0.5, 0.6) is 5.75 Å². The van der Waals surface area contributed by atoms with Gasteiger partial charge in [0.1, 0.15) is 24.5 Å². The maximum absolute atomic E-state index is 5.92. The van der Waals surface area contributed by atoms with Crippen molar-refractivity contribution in [3.63, 3.8) is 0 Å². The second kappa shape index (κ2) is 16.1. The summed E-state index contributed by atoms with van der Waals surface area (Å²) in [4.78, 5) is 6.80. The first-order valence-electron chi connectivity index (χ1n) is 10.5. The molecule has 0 aliphatic rings. The standard InChI is InChI=1S/C21H33ClN6O2.HI/c1-4-20-26-25-17-28(20)13-12-24-21(23-11-6-15-29-5-2)27(3)14-16-30-19-9-7-18(22)8-10-19;/h7-10,17H,4-6,11-16H2,1-3H3,(H,23,24);1H. The fourth-order valence-corrected chi connectivity index (χ4v) is 2.90. The van der Waals surface area contributed by atoms with Gasteiger partial charge in [0.15, 0.2) is 5.96 Å². The molecule has 1 aromatic carbocycles. The summed E-state index contributed by atoms with van der Waals surface area (Å²) in [7, 11) is 2.01. The second-order valence-electron chi connectivity index (χ2n) is 6.70. The van der Waals surface area contributed by atoms with E-state index in [1.54, 1.807) is 6.33 Å². The molecule has 0 saturated carbocycles. The Labute approximate surface area is 207 Å². The third-order valence-electron chi connectivity index (χ3n) is 4.43. The number of nitrogens with zero attached hydrogens (tertiary/aromatic N) is 5. The van der Waals surface area contributed by atoms with E-state index < -0.39 is 0 Å². The van der Waals surface area contributed by atoms with E-state index in [9.17, 15) is 0 Å². The number of guanidine groups is 1. The van der Waals surface area contributed by atoms with Crippen LogP contribution >= 0.6 is 35.6 Å². The first-order valence-corrected chi connectivity index (χ1v) is 10.8. The van der Waals surface area contributed by atoms with Gasteiger partial charge in [0.25, 0.3) is 0 Å². The van der Waals surface area contributed by atoms with E-state index in [1.165, 1.54) is 0 Å².